The summed E-state index contributed by atoms with van der Waals surface area (Å²) in [7, 11) is -9.90. The Balaban J connectivity index is 1.88. The van der Waals surface area contributed by atoms with Crippen LogP contribution in [0.25, 0.3) is 0 Å². The minimum atomic E-state index is -5.62. The Bertz CT molecular complexity index is 963. The number of rotatable bonds is 9. The highest BCUT2D eigenvalue weighted by Crippen LogP contribution is 2.60. The van der Waals surface area contributed by atoms with Gasteiger partial charge in [-0.05, 0) is 47.9 Å². The van der Waals surface area contributed by atoms with Gasteiger partial charge in [0.25, 0.3) is 0 Å². The third-order valence-electron chi connectivity index (χ3n) is 3.99. The first-order valence-corrected chi connectivity index (χ1v) is 13.4. The summed E-state index contributed by atoms with van der Waals surface area (Å²) in [5.41, 5.74) is -3.49. The number of hydrogen-bond acceptors (Lipinski definition) is 3. The van der Waals surface area contributed by atoms with E-state index in [0.29, 0.717) is 12.2 Å². The van der Waals surface area contributed by atoms with Crippen molar-refractivity contribution < 1.29 is 37.5 Å². The van der Waals surface area contributed by atoms with Crippen LogP contribution < -0.4 is 5.30 Å². The van der Waals surface area contributed by atoms with Crippen LogP contribution in [0.3, 0.4) is 0 Å². The molecule has 0 unspecified atom stereocenters. The second kappa shape index (κ2) is 9.71. The summed E-state index contributed by atoms with van der Waals surface area (Å²) >= 11 is 4.50. The molecule has 0 saturated heterocycles. The molecular formula is C17H19BrF2O6P2S. The van der Waals surface area contributed by atoms with E-state index >= 15 is 0 Å². The normalized spacial score (nSPS) is 12.9. The molecule has 2 aromatic carbocycles. The van der Waals surface area contributed by atoms with Crippen LogP contribution in [0.1, 0.15) is 23.1 Å². The summed E-state index contributed by atoms with van der Waals surface area (Å²) in [4.78, 5) is 36.1. The molecule has 6 nitrogen and oxygen atoms in total. The van der Waals surface area contributed by atoms with Crippen LogP contribution >= 0.6 is 42.9 Å². The van der Waals surface area contributed by atoms with E-state index in [1.807, 2.05) is 0 Å². The number of benzene rings is 2. The molecule has 160 valence electrons. The lowest BCUT2D eigenvalue weighted by atomic mass is 10.1. The molecule has 0 aliphatic heterocycles. The van der Waals surface area contributed by atoms with E-state index in [-0.39, 0.29) is 9.78 Å². The van der Waals surface area contributed by atoms with Crippen LogP contribution in [0.2, 0.25) is 0 Å². The molecule has 0 radical (unpaired) electrons. The summed E-state index contributed by atoms with van der Waals surface area (Å²) in [5, 5.41) is -0.0142. The number of halogens is 3. The maximum absolute atomic E-state index is 13.8. The summed E-state index contributed by atoms with van der Waals surface area (Å²) < 4.78 is 49.9. The Morgan fingerprint density at radius 2 is 1.69 bits per heavy atom. The first kappa shape index (κ1) is 24.7. The summed E-state index contributed by atoms with van der Waals surface area (Å²) in [6.07, 6.45) is 1.39. The zero-order valence-corrected chi connectivity index (χ0v) is 19.1. The van der Waals surface area contributed by atoms with Crippen LogP contribution in [0, 0.1) is 0 Å². The lowest BCUT2D eigenvalue weighted by Gasteiger charge is -2.19. The molecule has 29 heavy (non-hydrogen) atoms. The fraction of sp³-hybridized carbons (Fsp3) is 0.294. The van der Waals surface area contributed by atoms with E-state index in [2.05, 4.69) is 15.9 Å². The largest absolute Gasteiger partial charge is 0.399 e. The number of thioether (sulfide) groups is 1. The van der Waals surface area contributed by atoms with Gasteiger partial charge in [0.05, 0.1) is 5.30 Å². The Labute approximate surface area is 179 Å². The molecule has 0 bridgehead atoms. The standard InChI is InChI=1S/C17H19BrF2O6P2S/c18-16-10-13(6-7-15(16)17(19,20)28(24,25)26)11-29-8-2-4-12-3-1-5-14(9-12)27(21,22)23/h1,3,5-7,9-10H,2,4,8,11H2,(H2,21,22,23)(H2,24,25,26). The van der Waals surface area contributed by atoms with Crippen molar-refractivity contribution in [2.45, 2.75) is 24.3 Å². The highest BCUT2D eigenvalue weighted by atomic mass is 79.9. The van der Waals surface area contributed by atoms with Crippen LogP contribution in [0.5, 0.6) is 0 Å². The smallest absolute Gasteiger partial charge is 0.321 e. The Morgan fingerprint density at radius 3 is 2.28 bits per heavy atom. The minimum Gasteiger partial charge on any atom is -0.321 e. The van der Waals surface area contributed by atoms with Crippen molar-refractivity contribution in [3.63, 3.8) is 0 Å². The zero-order valence-electron chi connectivity index (χ0n) is 14.9. The molecule has 0 saturated carbocycles. The summed E-state index contributed by atoms with van der Waals surface area (Å²) in [5.74, 6) is 1.25. The molecule has 0 atom stereocenters. The molecule has 2 aromatic rings. The summed E-state index contributed by atoms with van der Waals surface area (Å²) in [6.45, 7) is 0. The van der Waals surface area contributed by atoms with Gasteiger partial charge in [-0.3, -0.25) is 9.13 Å². The number of aryl methyl sites for hydroxylation is 1. The molecule has 0 fully saturated rings. The van der Waals surface area contributed by atoms with Crippen LogP contribution in [0.4, 0.5) is 8.78 Å². The van der Waals surface area contributed by atoms with Crippen molar-refractivity contribution in [1.82, 2.24) is 0 Å². The predicted molar refractivity (Wildman–Crippen MR) is 113 cm³/mol. The van der Waals surface area contributed by atoms with Gasteiger partial charge in [0.1, 0.15) is 0 Å². The van der Waals surface area contributed by atoms with E-state index in [1.165, 1.54) is 24.3 Å². The van der Waals surface area contributed by atoms with Gasteiger partial charge in [0.15, 0.2) is 0 Å². The highest BCUT2D eigenvalue weighted by Gasteiger charge is 2.51. The molecule has 0 aliphatic rings. The van der Waals surface area contributed by atoms with E-state index in [9.17, 15) is 27.7 Å². The van der Waals surface area contributed by atoms with E-state index in [1.54, 1.807) is 23.9 Å². The molecular weight excluding hydrogens is 512 g/mol. The second-order valence-electron chi connectivity index (χ2n) is 6.27. The molecule has 0 aromatic heterocycles. The monoisotopic (exact) mass is 530 g/mol. The highest BCUT2D eigenvalue weighted by molar-refractivity contribution is 9.10. The summed E-state index contributed by atoms with van der Waals surface area (Å²) in [6, 6.07) is 10.1. The van der Waals surface area contributed by atoms with Gasteiger partial charge in [-0.25, -0.2) is 0 Å². The average molecular weight is 531 g/mol. The van der Waals surface area contributed by atoms with Gasteiger partial charge >= 0.3 is 20.9 Å². The number of hydrogen-bond donors (Lipinski definition) is 4. The van der Waals surface area contributed by atoms with Crippen LogP contribution in [-0.4, -0.2) is 25.3 Å². The second-order valence-corrected chi connectivity index (χ2v) is 11.5. The first-order chi connectivity index (χ1) is 13.3. The zero-order chi connectivity index (χ0) is 21.9. The molecule has 0 heterocycles. The third-order valence-corrected chi connectivity index (χ3v) is 7.69. The fourth-order valence-electron chi connectivity index (χ4n) is 2.51. The lowest BCUT2D eigenvalue weighted by molar-refractivity contribution is 0.0557. The Morgan fingerprint density at radius 1 is 1.00 bits per heavy atom. The van der Waals surface area contributed by atoms with Crippen LogP contribution in [0.15, 0.2) is 46.9 Å². The molecule has 2 rings (SSSR count). The first-order valence-electron chi connectivity index (χ1n) is 8.27. The maximum Gasteiger partial charge on any atom is 0.399 e. The SMILES string of the molecule is O=P(O)(O)c1cccc(CCCSCc2ccc(C(F)(F)P(=O)(O)O)c(Br)c2)c1. The molecule has 12 heteroatoms. The van der Waals surface area contributed by atoms with Gasteiger partial charge in [0, 0.05) is 15.8 Å². The van der Waals surface area contributed by atoms with Crippen molar-refractivity contribution in [3.8, 4) is 0 Å². The van der Waals surface area contributed by atoms with Crippen molar-refractivity contribution in [3.05, 3.63) is 63.6 Å². The van der Waals surface area contributed by atoms with E-state index in [4.69, 9.17) is 9.79 Å². The van der Waals surface area contributed by atoms with Gasteiger partial charge in [-0.15, -0.1) is 0 Å². The average Bonchev–Trinajstić information content (AvgIpc) is 2.60. The lowest BCUT2D eigenvalue weighted by Crippen LogP contribution is -2.14. The van der Waals surface area contributed by atoms with Gasteiger partial charge in [-0.2, -0.15) is 20.5 Å². The molecule has 0 amide bonds. The Kier molecular flexibility index (Phi) is 8.27. The number of alkyl halides is 2. The Hall–Kier alpha value is -0.570. The van der Waals surface area contributed by atoms with E-state index < -0.39 is 26.4 Å². The van der Waals surface area contributed by atoms with Gasteiger partial charge < -0.3 is 19.6 Å². The van der Waals surface area contributed by atoms with Gasteiger partial charge in [-0.1, -0.05) is 40.2 Å². The molecule has 4 N–H and O–H groups in total. The van der Waals surface area contributed by atoms with Crippen molar-refractivity contribution in [2.75, 3.05) is 5.75 Å². The van der Waals surface area contributed by atoms with Crippen molar-refractivity contribution in [1.29, 1.82) is 0 Å². The van der Waals surface area contributed by atoms with E-state index in [0.717, 1.165) is 29.4 Å². The van der Waals surface area contributed by atoms with Crippen molar-refractivity contribution >= 4 is 48.2 Å². The van der Waals surface area contributed by atoms with Crippen molar-refractivity contribution in [2.24, 2.45) is 0 Å². The topological polar surface area (TPSA) is 115 Å². The minimum absolute atomic E-state index is 0.0142. The molecule has 0 spiro atoms. The van der Waals surface area contributed by atoms with Crippen LogP contribution in [-0.2, 0) is 27.0 Å². The molecule has 0 aliphatic carbocycles. The quantitative estimate of drug-likeness (QED) is 0.281. The predicted octanol–water partition coefficient (Wildman–Crippen LogP) is 4.35. The maximum atomic E-state index is 13.8. The fourth-order valence-corrected chi connectivity index (χ4v) is 5.37. The van der Waals surface area contributed by atoms with Gasteiger partial charge in [0.2, 0.25) is 0 Å². The third kappa shape index (κ3) is 6.71.